The largest absolute Gasteiger partial charge is 0.339 e. The average molecular weight is 325 g/mol. The number of carbonyl (C=O) groups excluding carboxylic acids is 1. The normalized spacial score (nSPS) is 18.4. The fourth-order valence-corrected chi connectivity index (χ4v) is 3.22. The minimum Gasteiger partial charge on any atom is -0.339 e. The van der Waals surface area contributed by atoms with Crippen molar-refractivity contribution in [2.45, 2.75) is 39.5 Å². The Morgan fingerprint density at radius 2 is 1.95 bits per heavy atom. The summed E-state index contributed by atoms with van der Waals surface area (Å²) in [4.78, 5) is 18.4. The average Bonchev–Trinajstić information content (AvgIpc) is 2.46. The zero-order valence-electron chi connectivity index (χ0n) is 11.7. The maximum absolute atomic E-state index is 12.4. The minimum absolute atomic E-state index is 0.106. The van der Waals surface area contributed by atoms with Gasteiger partial charge in [-0.1, -0.05) is 26.7 Å². The van der Waals surface area contributed by atoms with Crippen LogP contribution in [0.15, 0.2) is 22.9 Å². The molecule has 0 radical (unpaired) electrons. The molecule has 1 aliphatic heterocycles. The first-order chi connectivity index (χ1) is 9.10. The number of hydrogen-bond donors (Lipinski definition) is 0. The molecule has 0 N–H and O–H groups in total. The van der Waals surface area contributed by atoms with Gasteiger partial charge in [0.25, 0.3) is 5.91 Å². The van der Waals surface area contributed by atoms with E-state index in [9.17, 15) is 4.79 Å². The Bertz CT molecular complexity index is 447. The number of carbonyl (C=O) groups is 1. The maximum atomic E-state index is 12.4. The van der Waals surface area contributed by atoms with E-state index in [4.69, 9.17) is 0 Å². The molecule has 1 amide bonds. The van der Waals surface area contributed by atoms with E-state index in [2.05, 4.69) is 34.8 Å². The molecule has 0 saturated carbocycles. The summed E-state index contributed by atoms with van der Waals surface area (Å²) in [6.07, 6.45) is 8.01. The molecule has 104 valence electrons. The molecular weight excluding hydrogens is 304 g/mol. The van der Waals surface area contributed by atoms with Gasteiger partial charge in [0, 0.05) is 30.0 Å². The van der Waals surface area contributed by atoms with Gasteiger partial charge < -0.3 is 4.90 Å². The molecule has 1 aromatic rings. The first-order valence-electron chi connectivity index (χ1n) is 7.00. The van der Waals surface area contributed by atoms with Gasteiger partial charge in [-0.05, 0) is 40.3 Å². The highest BCUT2D eigenvalue weighted by Crippen LogP contribution is 2.38. The summed E-state index contributed by atoms with van der Waals surface area (Å²) in [5.41, 5.74) is 1.13. The molecule has 2 heterocycles. The molecule has 4 heteroatoms. The summed E-state index contributed by atoms with van der Waals surface area (Å²) in [6, 6.07) is 1.84. The Morgan fingerprint density at radius 1 is 1.32 bits per heavy atom. The molecule has 1 aromatic heterocycles. The maximum Gasteiger partial charge on any atom is 0.255 e. The number of likely N-dealkylation sites (tertiary alicyclic amines) is 1. The van der Waals surface area contributed by atoms with Crippen molar-refractivity contribution in [3.63, 3.8) is 0 Å². The van der Waals surface area contributed by atoms with E-state index in [1.54, 1.807) is 12.4 Å². The Hall–Kier alpha value is -0.900. The van der Waals surface area contributed by atoms with Crippen LogP contribution in [0, 0.1) is 5.41 Å². The summed E-state index contributed by atoms with van der Waals surface area (Å²) in [7, 11) is 0. The van der Waals surface area contributed by atoms with Crippen LogP contribution in [0.3, 0.4) is 0 Å². The minimum atomic E-state index is 0.106. The van der Waals surface area contributed by atoms with E-state index in [1.807, 2.05) is 11.0 Å². The van der Waals surface area contributed by atoms with Gasteiger partial charge in [-0.3, -0.25) is 9.78 Å². The topological polar surface area (TPSA) is 33.2 Å². The number of halogens is 1. The van der Waals surface area contributed by atoms with Gasteiger partial charge in [0.1, 0.15) is 0 Å². The molecule has 1 fully saturated rings. The van der Waals surface area contributed by atoms with Crippen LogP contribution in [-0.2, 0) is 0 Å². The first kappa shape index (κ1) is 14.5. The van der Waals surface area contributed by atoms with Crippen LogP contribution < -0.4 is 0 Å². The van der Waals surface area contributed by atoms with Crippen LogP contribution in [0.1, 0.15) is 49.9 Å². The lowest BCUT2D eigenvalue weighted by molar-refractivity contribution is 0.0557. The highest BCUT2D eigenvalue weighted by molar-refractivity contribution is 9.10. The number of amides is 1. The summed E-state index contributed by atoms with van der Waals surface area (Å²) >= 11 is 3.36. The molecule has 1 saturated heterocycles. The smallest absolute Gasteiger partial charge is 0.255 e. The fourth-order valence-electron chi connectivity index (χ4n) is 2.85. The molecule has 0 spiro atoms. The third-order valence-corrected chi connectivity index (χ3v) is 5.00. The molecule has 0 aromatic carbocycles. The van der Waals surface area contributed by atoms with Crippen LogP contribution in [0.2, 0.25) is 0 Å². The van der Waals surface area contributed by atoms with Crippen LogP contribution >= 0.6 is 15.9 Å². The van der Waals surface area contributed by atoms with Crippen molar-refractivity contribution in [1.29, 1.82) is 0 Å². The summed E-state index contributed by atoms with van der Waals surface area (Å²) in [5.74, 6) is 0.106. The highest BCUT2D eigenvalue weighted by Gasteiger charge is 2.33. The molecule has 1 aliphatic rings. The van der Waals surface area contributed by atoms with Crippen molar-refractivity contribution in [2.24, 2.45) is 5.41 Å². The molecule has 2 rings (SSSR count). The first-order valence-corrected chi connectivity index (χ1v) is 7.79. The highest BCUT2D eigenvalue weighted by atomic mass is 79.9. The van der Waals surface area contributed by atoms with Gasteiger partial charge in [-0.25, -0.2) is 0 Å². The molecular formula is C15H21BrN2O. The standard InChI is InChI=1S/C15H21BrN2O/c1-3-15(4-2)5-7-18(8-6-15)14(19)12-9-13(16)11-17-10-12/h9-11H,3-8H2,1-2H3. The van der Waals surface area contributed by atoms with Crippen LogP contribution in [0.25, 0.3) is 0 Å². The van der Waals surface area contributed by atoms with E-state index >= 15 is 0 Å². The number of rotatable bonds is 3. The van der Waals surface area contributed by atoms with Crippen LogP contribution in [-0.4, -0.2) is 28.9 Å². The van der Waals surface area contributed by atoms with E-state index in [1.165, 1.54) is 12.8 Å². The van der Waals surface area contributed by atoms with Crippen molar-refractivity contribution >= 4 is 21.8 Å². The second-order valence-electron chi connectivity index (χ2n) is 5.39. The monoisotopic (exact) mass is 324 g/mol. The second kappa shape index (κ2) is 6.04. The lowest BCUT2D eigenvalue weighted by atomic mass is 9.74. The van der Waals surface area contributed by atoms with Gasteiger partial charge in [0.2, 0.25) is 0 Å². The van der Waals surface area contributed by atoms with Gasteiger partial charge in [0.05, 0.1) is 5.56 Å². The lowest BCUT2D eigenvalue weighted by Gasteiger charge is -2.41. The van der Waals surface area contributed by atoms with Gasteiger partial charge in [0.15, 0.2) is 0 Å². The molecule has 0 unspecified atom stereocenters. The molecule has 0 aliphatic carbocycles. The van der Waals surface area contributed by atoms with Crippen molar-refractivity contribution in [2.75, 3.05) is 13.1 Å². The number of nitrogens with zero attached hydrogens (tertiary/aromatic N) is 2. The van der Waals surface area contributed by atoms with Crippen molar-refractivity contribution < 1.29 is 4.79 Å². The van der Waals surface area contributed by atoms with Crippen molar-refractivity contribution in [1.82, 2.24) is 9.88 Å². The Balaban J connectivity index is 2.04. The SMILES string of the molecule is CCC1(CC)CCN(C(=O)c2cncc(Br)c2)CC1. The third-order valence-electron chi connectivity index (χ3n) is 4.56. The fraction of sp³-hybridized carbons (Fsp3) is 0.600. The summed E-state index contributed by atoms with van der Waals surface area (Å²) in [6.45, 7) is 6.26. The van der Waals surface area contributed by atoms with E-state index in [-0.39, 0.29) is 5.91 Å². The molecule has 3 nitrogen and oxygen atoms in total. The van der Waals surface area contributed by atoms with Crippen LogP contribution in [0.4, 0.5) is 0 Å². The third kappa shape index (κ3) is 3.16. The number of piperidine rings is 1. The quantitative estimate of drug-likeness (QED) is 0.845. The number of hydrogen-bond acceptors (Lipinski definition) is 2. The zero-order valence-corrected chi connectivity index (χ0v) is 13.2. The molecule has 0 bridgehead atoms. The van der Waals surface area contributed by atoms with Crippen molar-refractivity contribution in [3.8, 4) is 0 Å². The van der Waals surface area contributed by atoms with E-state index in [0.29, 0.717) is 11.0 Å². The Labute approximate surface area is 123 Å². The predicted molar refractivity (Wildman–Crippen MR) is 80.1 cm³/mol. The molecule has 19 heavy (non-hydrogen) atoms. The van der Waals surface area contributed by atoms with Gasteiger partial charge >= 0.3 is 0 Å². The second-order valence-corrected chi connectivity index (χ2v) is 6.31. The Morgan fingerprint density at radius 3 is 2.47 bits per heavy atom. The molecule has 0 atom stereocenters. The predicted octanol–water partition coefficient (Wildman–Crippen LogP) is 3.89. The lowest BCUT2D eigenvalue weighted by Crippen LogP contribution is -2.42. The van der Waals surface area contributed by atoms with Gasteiger partial charge in [-0.15, -0.1) is 0 Å². The van der Waals surface area contributed by atoms with E-state index < -0.39 is 0 Å². The summed E-state index contributed by atoms with van der Waals surface area (Å²) < 4.78 is 0.854. The van der Waals surface area contributed by atoms with Crippen molar-refractivity contribution in [3.05, 3.63) is 28.5 Å². The summed E-state index contributed by atoms with van der Waals surface area (Å²) in [5, 5.41) is 0. The Kier molecular flexibility index (Phi) is 4.61. The van der Waals surface area contributed by atoms with Crippen LogP contribution in [0.5, 0.6) is 0 Å². The number of aromatic nitrogens is 1. The van der Waals surface area contributed by atoms with Gasteiger partial charge in [-0.2, -0.15) is 0 Å². The zero-order chi connectivity index (χ0) is 13.9. The van der Waals surface area contributed by atoms with E-state index in [0.717, 1.165) is 30.4 Å². The number of pyridine rings is 1.